The standard InChI is InChI=1S/C14H7ClFN3O/c15-14-9-3-1-2-4-11(9)19(18-14)12-6-8(7-17)5-10(16)13(12)20/h1-6,20H. The fourth-order valence-corrected chi connectivity index (χ4v) is 2.26. The Hall–Kier alpha value is -2.58. The van der Waals surface area contributed by atoms with Crippen molar-refractivity contribution in [1.29, 1.82) is 5.26 Å². The number of fused-ring (bicyclic) bond motifs is 1. The maximum absolute atomic E-state index is 13.6. The van der Waals surface area contributed by atoms with Crippen LogP contribution >= 0.6 is 11.6 Å². The molecule has 0 saturated heterocycles. The van der Waals surface area contributed by atoms with Crippen molar-refractivity contribution in [1.82, 2.24) is 9.78 Å². The Morgan fingerprint density at radius 2 is 2.05 bits per heavy atom. The van der Waals surface area contributed by atoms with Crippen LogP contribution in [0.15, 0.2) is 36.4 Å². The second-order valence-electron chi connectivity index (χ2n) is 4.16. The Kier molecular flexibility index (Phi) is 2.81. The van der Waals surface area contributed by atoms with Gasteiger partial charge in [0.25, 0.3) is 0 Å². The van der Waals surface area contributed by atoms with Crippen molar-refractivity contribution in [2.45, 2.75) is 0 Å². The average Bonchev–Trinajstić information content (AvgIpc) is 2.79. The maximum atomic E-state index is 13.6. The van der Waals surface area contributed by atoms with Crippen LogP contribution in [-0.4, -0.2) is 14.9 Å². The van der Waals surface area contributed by atoms with Gasteiger partial charge in [0, 0.05) is 5.39 Å². The minimum atomic E-state index is -0.880. The smallest absolute Gasteiger partial charge is 0.177 e. The summed E-state index contributed by atoms with van der Waals surface area (Å²) in [6, 6.07) is 11.2. The summed E-state index contributed by atoms with van der Waals surface area (Å²) in [6.07, 6.45) is 0. The van der Waals surface area contributed by atoms with E-state index in [1.54, 1.807) is 24.3 Å². The number of halogens is 2. The lowest BCUT2D eigenvalue weighted by molar-refractivity contribution is 0.428. The Morgan fingerprint density at radius 3 is 2.80 bits per heavy atom. The predicted molar refractivity (Wildman–Crippen MR) is 72.4 cm³/mol. The molecule has 1 N–H and O–H groups in total. The van der Waals surface area contributed by atoms with Crippen LogP contribution < -0.4 is 0 Å². The van der Waals surface area contributed by atoms with E-state index in [1.165, 1.54) is 10.7 Å². The van der Waals surface area contributed by atoms with Crippen molar-refractivity contribution in [3.63, 3.8) is 0 Å². The summed E-state index contributed by atoms with van der Waals surface area (Å²) in [4.78, 5) is 0. The number of hydrogen-bond acceptors (Lipinski definition) is 3. The van der Waals surface area contributed by atoms with Crippen molar-refractivity contribution >= 4 is 22.5 Å². The fraction of sp³-hybridized carbons (Fsp3) is 0. The molecule has 1 aromatic heterocycles. The maximum Gasteiger partial charge on any atom is 0.177 e. The quantitative estimate of drug-likeness (QED) is 0.746. The molecular formula is C14H7ClFN3O. The molecule has 0 spiro atoms. The molecule has 2 aromatic carbocycles. The highest BCUT2D eigenvalue weighted by atomic mass is 35.5. The first kappa shape index (κ1) is 12.5. The van der Waals surface area contributed by atoms with Gasteiger partial charge in [0.05, 0.1) is 17.1 Å². The molecule has 98 valence electrons. The van der Waals surface area contributed by atoms with Gasteiger partial charge >= 0.3 is 0 Å². The SMILES string of the molecule is N#Cc1cc(F)c(O)c(-n2nc(Cl)c3ccccc32)c1. The van der Waals surface area contributed by atoms with Crippen LogP contribution in [-0.2, 0) is 0 Å². The second kappa shape index (κ2) is 4.51. The largest absolute Gasteiger partial charge is 0.503 e. The normalized spacial score (nSPS) is 10.7. The lowest BCUT2D eigenvalue weighted by atomic mass is 10.2. The highest BCUT2D eigenvalue weighted by Crippen LogP contribution is 2.31. The molecule has 20 heavy (non-hydrogen) atoms. The van der Waals surface area contributed by atoms with E-state index in [2.05, 4.69) is 5.10 Å². The summed E-state index contributed by atoms with van der Waals surface area (Å²) in [5.41, 5.74) is 0.776. The summed E-state index contributed by atoms with van der Waals surface area (Å²) in [5.74, 6) is -1.45. The van der Waals surface area contributed by atoms with Gasteiger partial charge in [0.1, 0.15) is 5.69 Å². The third-order valence-electron chi connectivity index (χ3n) is 2.94. The molecule has 6 heteroatoms. The molecule has 0 aliphatic heterocycles. The zero-order valence-electron chi connectivity index (χ0n) is 10.0. The number of phenolic OH excluding ortho intramolecular Hbond substituents is 1. The second-order valence-corrected chi connectivity index (χ2v) is 4.52. The van der Waals surface area contributed by atoms with E-state index in [4.69, 9.17) is 16.9 Å². The number of phenols is 1. The Labute approximate surface area is 118 Å². The first-order valence-electron chi connectivity index (χ1n) is 5.68. The fourth-order valence-electron chi connectivity index (χ4n) is 2.02. The summed E-state index contributed by atoms with van der Waals surface area (Å²) < 4.78 is 15.0. The van der Waals surface area contributed by atoms with Crippen LogP contribution in [0.25, 0.3) is 16.6 Å². The Balaban J connectivity index is 2.37. The van der Waals surface area contributed by atoms with Crippen LogP contribution in [0, 0.1) is 17.1 Å². The minimum Gasteiger partial charge on any atom is -0.503 e. The van der Waals surface area contributed by atoms with E-state index >= 15 is 0 Å². The molecule has 0 amide bonds. The third-order valence-corrected chi connectivity index (χ3v) is 3.22. The van der Waals surface area contributed by atoms with E-state index < -0.39 is 11.6 Å². The number of aromatic nitrogens is 2. The molecule has 4 nitrogen and oxygen atoms in total. The zero-order valence-corrected chi connectivity index (χ0v) is 10.8. The van der Waals surface area contributed by atoms with Crippen LogP contribution in [0.3, 0.4) is 0 Å². The van der Waals surface area contributed by atoms with Crippen LogP contribution in [0.5, 0.6) is 5.75 Å². The van der Waals surface area contributed by atoms with Gasteiger partial charge in [-0.2, -0.15) is 10.4 Å². The third kappa shape index (κ3) is 1.78. The highest BCUT2D eigenvalue weighted by molar-refractivity contribution is 6.34. The van der Waals surface area contributed by atoms with Gasteiger partial charge in [-0.1, -0.05) is 23.7 Å². The number of nitrogens with zero attached hydrogens (tertiary/aromatic N) is 3. The molecule has 3 aromatic rings. The van der Waals surface area contributed by atoms with E-state index in [1.807, 2.05) is 6.07 Å². The van der Waals surface area contributed by atoms with Gasteiger partial charge in [-0.3, -0.25) is 0 Å². The summed E-state index contributed by atoms with van der Waals surface area (Å²) in [7, 11) is 0. The summed E-state index contributed by atoms with van der Waals surface area (Å²) in [6.45, 7) is 0. The van der Waals surface area contributed by atoms with E-state index in [-0.39, 0.29) is 16.4 Å². The molecule has 1 heterocycles. The van der Waals surface area contributed by atoms with Crippen molar-refractivity contribution in [2.24, 2.45) is 0 Å². The number of para-hydroxylation sites is 1. The Bertz CT molecular complexity index is 867. The first-order valence-corrected chi connectivity index (χ1v) is 6.06. The average molecular weight is 288 g/mol. The lowest BCUT2D eigenvalue weighted by Gasteiger charge is -2.07. The van der Waals surface area contributed by atoms with Gasteiger partial charge in [0.15, 0.2) is 16.7 Å². The van der Waals surface area contributed by atoms with E-state index in [9.17, 15) is 9.50 Å². The van der Waals surface area contributed by atoms with Crippen LogP contribution in [0.4, 0.5) is 4.39 Å². The summed E-state index contributed by atoms with van der Waals surface area (Å²) in [5, 5.41) is 23.7. The van der Waals surface area contributed by atoms with Crippen molar-refractivity contribution in [3.05, 3.63) is 52.9 Å². The van der Waals surface area contributed by atoms with Crippen LogP contribution in [0.1, 0.15) is 5.56 Å². The molecule has 0 radical (unpaired) electrons. The van der Waals surface area contributed by atoms with Gasteiger partial charge in [-0.25, -0.2) is 9.07 Å². The monoisotopic (exact) mass is 287 g/mol. The van der Waals surface area contributed by atoms with Crippen molar-refractivity contribution in [3.8, 4) is 17.5 Å². The van der Waals surface area contributed by atoms with Gasteiger partial charge in [-0.05, 0) is 24.3 Å². The molecule has 0 unspecified atom stereocenters. The number of benzene rings is 2. The first-order chi connectivity index (χ1) is 9.61. The molecule has 0 fully saturated rings. The van der Waals surface area contributed by atoms with Crippen molar-refractivity contribution in [2.75, 3.05) is 0 Å². The predicted octanol–water partition coefficient (Wildman–Crippen LogP) is 3.40. The Morgan fingerprint density at radius 1 is 1.30 bits per heavy atom. The number of rotatable bonds is 1. The van der Waals surface area contributed by atoms with Crippen molar-refractivity contribution < 1.29 is 9.50 Å². The molecule has 0 aliphatic rings. The van der Waals surface area contributed by atoms with Gasteiger partial charge in [-0.15, -0.1) is 0 Å². The van der Waals surface area contributed by atoms with Gasteiger partial charge in [0.2, 0.25) is 0 Å². The van der Waals surface area contributed by atoms with Crippen LogP contribution in [0.2, 0.25) is 5.15 Å². The summed E-state index contributed by atoms with van der Waals surface area (Å²) >= 11 is 6.02. The topological polar surface area (TPSA) is 61.8 Å². The number of aromatic hydroxyl groups is 1. The number of nitriles is 1. The zero-order chi connectivity index (χ0) is 14.3. The molecule has 0 atom stereocenters. The van der Waals surface area contributed by atoms with Gasteiger partial charge < -0.3 is 5.11 Å². The molecule has 0 bridgehead atoms. The molecule has 0 aliphatic carbocycles. The minimum absolute atomic E-state index is 0.0738. The van der Waals surface area contributed by atoms with E-state index in [0.29, 0.717) is 10.9 Å². The molecule has 3 rings (SSSR count). The highest BCUT2D eigenvalue weighted by Gasteiger charge is 2.16. The molecule has 0 saturated carbocycles. The molecular weight excluding hydrogens is 281 g/mol. The lowest BCUT2D eigenvalue weighted by Crippen LogP contribution is -1.99. The number of hydrogen-bond donors (Lipinski definition) is 1. The van der Waals surface area contributed by atoms with E-state index in [0.717, 1.165) is 6.07 Å².